The fourth-order valence-electron chi connectivity index (χ4n) is 2.77. The van der Waals surface area contributed by atoms with Gasteiger partial charge in [-0.3, -0.25) is 19.2 Å². The summed E-state index contributed by atoms with van der Waals surface area (Å²) < 4.78 is 30.5. The summed E-state index contributed by atoms with van der Waals surface area (Å²) in [5, 5.41) is 13.6. The van der Waals surface area contributed by atoms with E-state index in [1.165, 1.54) is 36.4 Å². The minimum atomic E-state index is -3.91. The van der Waals surface area contributed by atoms with Crippen molar-refractivity contribution in [2.45, 2.75) is 26.7 Å². The average molecular weight is 464 g/mol. The van der Waals surface area contributed by atoms with Crippen LogP contribution in [0.25, 0.3) is 0 Å². The second kappa shape index (κ2) is 10.7. The fraction of sp³-hybridized carbons (Fsp3) is 0.333. The Labute approximate surface area is 186 Å². The van der Waals surface area contributed by atoms with Crippen LogP contribution in [0.5, 0.6) is 0 Å². The number of rotatable bonds is 10. The summed E-state index contributed by atoms with van der Waals surface area (Å²) in [5.74, 6) is -1.12. The molecule has 0 aliphatic heterocycles. The molecule has 172 valence electrons. The van der Waals surface area contributed by atoms with Crippen molar-refractivity contribution < 1.29 is 27.7 Å². The Morgan fingerprint density at radius 2 is 1.81 bits per heavy atom. The Hall–Kier alpha value is -3.47. The number of amides is 1. The third-order valence-corrected chi connectivity index (χ3v) is 5.62. The van der Waals surface area contributed by atoms with Gasteiger partial charge in [-0.25, -0.2) is 13.2 Å². The highest BCUT2D eigenvalue weighted by Crippen LogP contribution is 2.27. The zero-order chi connectivity index (χ0) is 23.9. The molecule has 0 aromatic heterocycles. The summed E-state index contributed by atoms with van der Waals surface area (Å²) in [6, 6.07) is 9.76. The first-order valence-corrected chi connectivity index (χ1v) is 11.7. The summed E-state index contributed by atoms with van der Waals surface area (Å²) >= 11 is 0. The van der Waals surface area contributed by atoms with Gasteiger partial charge in [-0.05, 0) is 43.2 Å². The number of non-ortho nitro benzene ring substituents is 1. The maximum atomic E-state index is 12.5. The summed E-state index contributed by atoms with van der Waals surface area (Å²) in [5.41, 5.74) is 0.885. The second-order valence-corrected chi connectivity index (χ2v) is 9.02. The molecule has 0 aliphatic rings. The van der Waals surface area contributed by atoms with Crippen molar-refractivity contribution in [2.75, 3.05) is 29.0 Å². The molecule has 0 aliphatic carbocycles. The highest BCUT2D eigenvalue weighted by molar-refractivity contribution is 7.92. The first-order chi connectivity index (χ1) is 15.0. The van der Waals surface area contributed by atoms with Gasteiger partial charge in [0.25, 0.3) is 5.69 Å². The molecular formula is C21H25N3O7S. The molecule has 0 heterocycles. The molecule has 10 nitrogen and oxygen atoms in total. The van der Waals surface area contributed by atoms with Crippen LogP contribution in [0.2, 0.25) is 0 Å². The van der Waals surface area contributed by atoms with Crippen molar-refractivity contribution in [2.24, 2.45) is 0 Å². The lowest BCUT2D eigenvalue weighted by molar-refractivity contribution is -0.384. The van der Waals surface area contributed by atoms with Gasteiger partial charge in [0.1, 0.15) is 6.54 Å². The quantitative estimate of drug-likeness (QED) is 0.247. The summed E-state index contributed by atoms with van der Waals surface area (Å²) in [6.45, 7) is 3.32. The van der Waals surface area contributed by atoms with Crippen molar-refractivity contribution >= 4 is 39.0 Å². The van der Waals surface area contributed by atoms with Crippen molar-refractivity contribution in [3.63, 3.8) is 0 Å². The first-order valence-electron chi connectivity index (χ1n) is 9.82. The number of benzene rings is 2. The van der Waals surface area contributed by atoms with Gasteiger partial charge in [0.05, 0.1) is 29.0 Å². The van der Waals surface area contributed by atoms with Crippen molar-refractivity contribution in [3.8, 4) is 0 Å². The van der Waals surface area contributed by atoms with Gasteiger partial charge in [0.2, 0.25) is 15.9 Å². The number of nitrogens with one attached hydrogen (secondary N) is 1. The van der Waals surface area contributed by atoms with Crippen LogP contribution in [0.1, 0.15) is 35.7 Å². The van der Waals surface area contributed by atoms with Gasteiger partial charge in [0, 0.05) is 17.8 Å². The Balaban J connectivity index is 2.15. The van der Waals surface area contributed by atoms with Crippen LogP contribution in [0.4, 0.5) is 17.1 Å². The number of hydrogen-bond donors (Lipinski definition) is 1. The van der Waals surface area contributed by atoms with Crippen LogP contribution in [0.15, 0.2) is 42.5 Å². The van der Waals surface area contributed by atoms with Crippen LogP contribution in [-0.4, -0.2) is 44.6 Å². The number of carbonyl (C=O) groups is 2. The number of esters is 1. The molecule has 0 bridgehead atoms. The van der Waals surface area contributed by atoms with E-state index in [1.54, 1.807) is 6.92 Å². The minimum absolute atomic E-state index is 0.0435. The lowest BCUT2D eigenvalue weighted by Crippen LogP contribution is -2.37. The summed E-state index contributed by atoms with van der Waals surface area (Å²) in [6.07, 6.45) is 2.58. The molecule has 1 amide bonds. The number of ether oxygens (including phenoxy) is 1. The van der Waals surface area contributed by atoms with Gasteiger partial charge in [-0.15, -0.1) is 0 Å². The molecule has 0 spiro atoms. The Bertz CT molecular complexity index is 1100. The standard InChI is InChI=1S/C21H25N3O7S/c1-4-5-12-31-21(26)16-7-9-17(10-8-16)22-20(25)14-23(32(3,29)30)19-13-18(24(27)28)11-6-15(19)2/h6-11,13H,4-5,12,14H2,1-3H3,(H,22,25). The lowest BCUT2D eigenvalue weighted by Gasteiger charge is -2.23. The number of carbonyl (C=O) groups excluding carboxylic acids is 2. The van der Waals surface area contributed by atoms with Crippen LogP contribution in [0.3, 0.4) is 0 Å². The summed E-state index contributed by atoms with van der Waals surface area (Å²) in [7, 11) is -3.91. The molecule has 0 atom stereocenters. The molecule has 0 saturated carbocycles. The van der Waals surface area contributed by atoms with Crippen LogP contribution >= 0.6 is 0 Å². The van der Waals surface area contributed by atoms with E-state index in [2.05, 4.69) is 5.32 Å². The largest absolute Gasteiger partial charge is 0.462 e. The Morgan fingerprint density at radius 1 is 1.16 bits per heavy atom. The predicted molar refractivity (Wildman–Crippen MR) is 120 cm³/mol. The molecule has 2 aromatic carbocycles. The van der Waals surface area contributed by atoms with E-state index in [1.807, 2.05) is 6.92 Å². The molecule has 2 rings (SSSR count). The van der Waals surface area contributed by atoms with Gasteiger partial charge in [0.15, 0.2) is 0 Å². The van der Waals surface area contributed by atoms with Crippen LogP contribution < -0.4 is 9.62 Å². The minimum Gasteiger partial charge on any atom is -0.462 e. The van der Waals surface area contributed by atoms with E-state index in [0.717, 1.165) is 29.5 Å². The van der Waals surface area contributed by atoms with Gasteiger partial charge in [-0.2, -0.15) is 0 Å². The number of sulfonamides is 1. The first kappa shape index (κ1) is 24.8. The van der Waals surface area contributed by atoms with E-state index >= 15 is 0 Å². The zero-order valence-electron chi connectivity index (χ0n) is 18.0. The van der Waals surface area contributed by atoms with E-state index in [9.17, 15) is 28.1 Å². The molecule has 32 heavy (non-hydrogen) atoms. The fourth-order valence-corrected chi connectivity index (χ4v) is 3.68. The topological polar surface area (TPSA) is 136 Å². The van der Waals surface area contributed by atoms with Crippen molar-refractivity contribution in [3.05, 3.63) is 63.7 Å². The average Bonchev–Trinajstić information content (AvgIpc) is 2.72. The molecule has 0 unspecified atom stereocenters. The number of nitro groups is 1. The number of nitrogens with zero attached hydrogens (tertiary/aromatic N) is 2. The van der Waals surface area contributed by atoms with Crippen molar-refractivity contribution in [1.29, 1.82) is 0 Å². The molecular weight excluding hydrogens is 438 g/mol. The van der Waals surface area contributed by atoms with E-state index in [0.29, 0.717) is 23.4 Å². The number of nitro benzene ring substituents is 1. The van der Waals surface area contributed by atoms with Crippen molar-refractivity contribution in [1.82, 2.24) is 0 Å². The number of unbranched alkanes of at least 4 members (excludes halogenated alkanes) is 1. The smallest absolute Gasteiger partial charge is 0.338 e. The highest BCUT2D eigenvalue weighted by atomic mass is 32.2. The normalized spacial score (nSPS) is 11.0. The monoisotopic (exact) mass is 463 g/mol. The summed E-state index contributed by atoms with van der Waals surface area (Å²) in [4.78, 5) is 34.9. The lowest BCUT2D eigenvalue weighted by atomic mass is 10.2. The Kier molecular flexibility index (Phi) is 8.30. The molecule has 1 N–H and O–H groups in total. The predicted octanol–water partition coefficient (Wildman–Crippen LogP) is 3.26. The molecule has 0 fully saturated rings. The highest BCUT2D eigenvalue weighted by Gasteiger charge is 2.24. The maximum Gasteiger partial charge on any atom is 0.338 e. The SMILES string of the molecule is CCCCOC(=O)c1ccc(NC(=O)CN(c2cc([N+](=O)[O-])ccc2C)S(C)(=O)=O)cc1. The molecule has 0 saturated heterocycles. The number of anilines is 2. The van der Waals surface area contributed by atoms with Crippen LogP contribution in [-0.2, 0) is 19.6 Å². The number of hydrogen-bond acceptors (Lipinski definition) is 7. The Morgan fingerprint density at radius 3 is 2.38 bits per heavy atom. The van der Waals surface area contributed by atoms with Crippen LogP contribution in [0, 0.1) is 17.0 Å². The second-order valence-electron chi connectivity index (χ2n) is 7.11. The molecule has 0 radical (unpaired) electrons. The maximum absolute atomic E-state index is 12.5. The van der Waals surface area contributed by atoms with E-state index in [4.69, 9.17) is 4.74 Å². The molecule has 11 heteroatoms. The van der Waals surface area contributed by atoms with Gasteiger partial charge in [-0.1, -0.05) is 19.4 Å². The number of aryl methyl sites for hydroxylation is 1. The molecule has 2 aromatic rings. The third kappa shape index (κ3) is 6.77. The van der Waals surface area contributed by atoms with Gasteiger partial charge < -0.3 is 10.1 Å². The van der Waals surface area contributed by atoms with Gasteiger partial charge >= 0.3 is 5.97 Å². The van der Waals surface area contributed by atoms with E-state index < -0.39 is 33.4 Å². The third-order valence-electron chi connectivity index (χ3n) is 4.50. The van der Waals surface area contributed by atoms with E-state index in [-0.39, 0.29) is 11.4 Å². The zero-order valence-corrected chi connectivity index (χ0v) is 18.8.